The summed E-state index contributed by atoms with van der Waals surface area (Å²) >= 11 is 0. The first-order valence-corrected chi connectivity index (χ1v) is 14.8. The van der Waals surface area contributed by atoms with Crippen LogP contribution in [0, 0.1) is 22.7 Å². The van der Waals surface area contributed by atoms with E-state index in [-0.39, 0.29) is 37.8 Å². The zero-order valence-corrected chi connectivity index (χ0v) is 24.1. The minimum Gasteiger partial charge on any atom is -0.481 e. The average molecular weight is 555 g/mol. The van der Waals surface area contributed by atoms with Gasteiger partial charge in [-0.15, -0.1) is 0 Å². The van der Waals surface area contributed by atoms with Crippen LogP contribution < -0.4 is 10.6 Å². The molecule has 10 nitrogen and oxygen atoms in total. The van der Waals surface area contributed by atoms with E-state index in [2.05, 4.69) is 10.6 Å². The number of hydrogen-bond donors (Lipinski definition) is 6. The normalized spacial score (nSPS) is 25.9. The molecule has 0 aliphatic heterocycles. The third-order valence-electron chi connectivity index (χ3n) is 10.1. The van der Waals surface area contributed by atoms with Crippen LogP contribution in [-0.4, -0.2) is 68.5 Å². The van der Waals surface area contributed by atoms with Crippen molar-refractivity contribution in [2.75, 3.05) is 0 Å². The third kappa shape index (κ3) is 7.51. The van der Waals surface area contributed by atoms with Crippen molar-refractivity contribution in [2.24, 2.45) is 22.7 Å². The maximum Gasteiger partial charge on any atom is 0.321 e. The molecule has 0 aromatic carbocycles. The predicted octanol–water partition coefficient (Wildman–Crippen LogP) is 4.36. The molecule has 6 N–H and O–H groups in total. The topological polar surface area (TPSA) is 173 Å². The smallest absolute Gasteiger partial charge is 0.321 e. The summed E-state index contributed by atoms with van der Waals surface area (Å²) in [6.07, 6.45) is 9.22. The average Bonchev–Trinajstić information content (AvgIpc) is 2.90. The highest BCUT2D eigenvalue weighted by Crippen LogP contribution is 2.38. The Morgan fingerprint density at radius 2 is 0.872 bits per heavy atom. The van der Waals surface area contributed by atoms with Crippen LogP contribution >= 0.6 is 0 Å². The van der Waals surface area contributed by atoms with Gasteiger partial charge in [0.2, 0.25) is 0 Å². The van der Waals surface area contributed by atoms with Crippen LogP contribution in [0.5, 0.6) is 0 Å². The van der Waals surface area contributed by atoms with Gasteiger partial charge in [-0.05, 0) is 95.3 Å². The van der Waals surface area contributed by atoms with Crippen LogP contribution in [-0.2, 0) is 19.2 Å². The van der Waals surface area contributed by atoms with Crippen LogP contribution in [0.4, 0.5) is 0 Å². The molecule has 2 aliphatic carbocycles. The lowest BCUT2D eigenvalue weighted by molar-refractivity contribution is -0.160. The molecule has 0 heterocycles. The molecule has 0 radical (unpaired) electrons. The van der Waals surface area contributed by atoms with Crippen LogP contribution in [0.3, 0.4) is 0 Å². The molecule has 2 fully saturated rings. The van der Waals surface area contributed by atoms with Gasteiger partial charge in [0.05, 0.1) is 10.8 Å². The van der Waals surface area contributed by atoms with Gasteiger partial charge >= 0.3 is 23.9 Å². The fraction of sp³-hybridized carbons (Fsp3) is 0.862. The number of aliphatic carboxylic acids is 4. The lowest BCUT2D eigenvalue weighted by Gasteiger charge is -2.40. The first kappa shape index (κ1) is 33.0. The van der Waals surface area contributed by atoms with Crippen molar-refractivity contribution < 1.29 is 39.6 Å². The van der Waals surface area contributed by atoms with Crippen molar-refractivity contribution in [3.63, 3.8) is 0 Å². The van der Waals surface area contributed by atoms with Gasteiger partial charge < -0.3 is 31.1 Å². The lowest BCUT2D eigenvalue weighted by Crippen LogP contribution is -2.57. The molecule has 2 atom stereocenters. The van der Waals surface area contributed by atoms with Crippen molar-refractivity contribution in [2.45, 2.75) is 135 Å². The monoisotopic (exact) mass is 554 g/mol. The number of carboxylic acid groups (broad SMARTS) is 4. The summed E-state index contributed by atoms with van der Waals surface area (Å²) in [6, 6.07) is -2.27. The fourth-order valence-electron chi connectivity index (χ4n) is 7.18. The molecule has 0 amide bonds. The first-order valence-electron chi connectivity index (χ1n) is 14.8. The van der Waals surface area contributed by atoms with Crippen molar-refractivity contribution in [3.05, 3.63) is 0 Å². The Kier molecular flexibility index (Phi) is 12.2. The number of hydrogen-bond acceptors (Lipinski definition) is 6. The second-order valence-corrected chi connectivity index (χ2v) is 11.9. The molecule has 0 aromatic rings. The highest BCUT2D eigenvalue weighted by molar-refractivity contribution is 5.86. The Balaban J connectivity index is 1.88. The number of carbonyl (C=O) groups is 4. The molecule has 0 unspecified atom stereocenters. The molecule has 2 saturated carbocycles. The quantitative estimate of drug-likeness (QED) is 0.161. The molecule has 2 rings (SSSR count). The summed E-state index contributed by atoms with van der Waals surface area (Å²) in [4.78, 5) is 48.1. The van der Waals surface area contributed by atoms with E-state index in [1.807, 2.05) is 0 Å². The zero-order valence-electron chi connectivity index (χ0n) is 24.1. The molecule has 10 heteroatoms. The largest absolute Gasteiger partial charge is 0.481 e. The Hall–Kier alpha value is -2.20. The molecule has 224 valence electrons. The predicted molar refractivity (Wildman–Crippen MR) is 147 cm³/mol. The van der Waals surface area contributed by atoms with Gasteiger partial charge in [-0.1, -0.05) is 27.7 Å². The standard InChI is InChI=1S/C29H50N2O8/c1-5-28(6-2,26(36)37)22(24(32)33)30-20-13-9-18(10-14-20)17-19-11-15-21(16-12-19)31-23(25(34)35)29(7-3,8-4)27(38)39/h18-23,30-31H,5-17H2,1-4H3,(H,32,33)(H,34,35)(H,36,37)(H,38,39)/t18?,19?,20?,21?,22-,23-/m1/s1. The van der Waals surface area contributed by atoms with Gasteiger partial charge in [0.15, 0.2) is 0 Å². The highest BCUT2D eigenvalue weighted by Gasteiger charge is 2.49. The summed E-state index contributed by atoms with van der Waals surface area (Å²) in [5.74, 6) is -3.30. The molecule has 0 aromatic heterocycles. The fourth-order valence-corrected chi connectivity index (χ4v) is 7.18. The number of carboxylic acids is 4. The summed E-state index contributed by atoms with van der Waals surface area (Å²) < 4.78 is 0. The molecular weight excluding hydrogens is 504 g/mol. The van der Waals surface area contributed by atoms with Gasteiger partial charge in [-0.3, -0.25) is 19.2 Å². The molecule has 0 spiro atoms. The Labute approximate surface area is 232 Å². The molecule has 2 aliphatic rings. The third-order valence-corrected chi connectivity index (χ3v) is 10.1. The highest BCUT2D eigenvalue weighted by atomic mass is 16.4. The van der Waals surface area contributed by atoms with E-state index in [1.165, 1.54) is 0 Å². The van der Waals surface area contributed by atoms with E-state index in [4.69, 9.17) is 0 Å². The maximum absolute atomic E-state index is 12.0. The zero-order chi connectivity index (χ0) is 29.4. The second kappa shape index (κ2) is 14.4. The van der Waals surface area contributed by atoms with E-state index < -0.39 is 46.8 Å². The van der Waals surface area contributed by atoms with E-state index in [0.29, 0.717) is 11.8 Å². The van der Waals surface area contributed by atoms with Crippen molar-refractivity contribution >= 4 is 23.9 Å². The van der Waals surface area contributed by atoms with Crippen LogP contribution in [0.15, 0.2) is 0 Å². The van der Waals surface area contributed by atoms with E-state index in [0.717, 1.165) is 57.8 Å². The Morgan fingerprint density at radius 3 is 1.08 bits per heavy atom. The SMILES string of the molecule is CCC(CC)(C(=O)O)[C@H](NC1CCC(CC2CCC(N[C@H](C(=O)O)C(CC)(CC)C(=O)O)CC2)CC1)C(=O)O. The van der Waals surface area contributed by atoms with Crippen molar-refractivity contribution in [1.29, 1.82) is 0 Å². The number of nitrogens with one attached hydrogen (secondary N) is 2. The minimum atomic E-state index is -1.33. The van der Waals surface area contributed by atoms with Gasteiger partial charge in [0.25, 0.3) is 0 Å². The summed E-state index contributed by atoms with van der Waals surface area (Å²) in [5, 5.41) is 45.7. The molecule has 0 saturated heterocycles. The molecule has 0 bridgehead atoms. The van der Waals surface area contributed by atoms with Crippen molar-refractivity contribution in [3.8, 4) is 0 Å². The molecule has 39 heavy (non-hydrogen) atoms. The summed E-state index contributed by atoms with van der Waals surface area (Å²) in [7, 11) is 0. The Morgan fingerprint density at radius 1 is 0.590 bits per heavy atom. The van der Waals surface area contributed by atoms with E-state index >= 15 is 0 Å². The maximum atomic E-state index is 12.0. The summed E-state index contributed by atoms with van der Waals surface area (Å²) in [6.45, 7) is 6.92. The Bertz CT molecular complexity index is 770. The minimum absolute atomic E-state index is 0.0151. The lowest BCUT2D eigenvalue weighted by atomic mass is 9.72. The number of rotatable bonds is 16. The van der Waals surface area contributed by atoms with Crippen LogP contribution in [0.25, 0.3) is 0 Å². The first-order chi connectivity index (χ1) is 18.4. The van der Waals surface area contributed by atoms with Crippen molar-refractivity contribution in [1.82, 2.24) is 10.6 Å². The van der Waals surface area contributed by atoms with Crippen LogP contribution in [0.2, 0.25) is 0 Å². The van der Waals surface area contributed by atoms with Gasteiger partial charge in [0.1, 0.15) is 12.1 Å². The van der Waals surface area contributed by atoms with Gasteiger partial charge in [-0.25, -0.2) is 0 Å². The van der Waals surface area contributed by atoms with Gasteiger partial charge in [-0.2, -0.15) is 0 Å². The van der Waals surface area contributed by atoms with Gasteiger partial charge in [0, 0.05) is 12.1 Å². The van der Waals surface area contributed by atoms with Crippen LogP contribution in [0.1, 0.15) is 111 Å². The summed E-state index contributed by atoms with van der Waals surface area (Å²) in [5.41, 5.74) is -2.65. The molecular formula is C29H50N2O8. The van der Waals surface area contributed by atoms with E-state index in [9.17, 15) is 39.6 Å². The van der Waals surface area contributed by atoms with E-state index in [1.54, 1.807) is 27.7 Å². The second-order valence-electron chi connectivity index (χ2n) is 11.9.